The number of ether oxygens (including phenoxy) is 4. The molecule has 1 atom stereocenters. The quantitative estimate of drug-likeness (QED) is 0.491. The van der Waals surface area contributed by atoms with Gasteiger partial charge >= 0.3 is 6.16 Å². The maximum atomic E-state index is 11.2. The van der Waals surface area contributed by atoms with Gasteiger partial charge in [-0.15, -0.1) is 0 Å². The van der Waals surface area contributed by atoms with Gasteiger partial charge in [-0.3, -0.25) is 0 Å². The van der Waals surface area contributed by atoms with Crippen molar-refractivity contribution in [3.63, 3.8) is 0 Å². The van der Waals surface area contributed by atoms with E-state index in [1.54, 1.807) is 0 Å². The lowest BCUT2D eigenvalue weighted by atomic mass is 10.4. The lowest BCUT2D eigenvalue weighted by molar-refractivity contribution is -0.0498. The van der Waals surface area contributed by atoms with E-state index >= 15 is 0 Å². The third-order valence-corrected chi connectivity index (χ3v) is 1.63. The van der Waals surface area contributed by atoms with Crippen molar-refractivity contribution in [1.29, 1.82) is 0 Å². The molecule has 96 valence electrons. The Balaban J connectivity index is 3.92. The van der Waals surface area contributed by atoms with E-state index in [4.69, 9.17) is 25.8 Å². The Labute approximate surface area is 101 Å². The van der Waals surface area contributed by atoms with Gasteiger partial charge in [0.15, 0.2) is 11.7 Å². The average Bonchev–Trinajstić information content (AvgIpc) is 2.20. The molecule has 1 unspecified atom stereocenters. The van der Waals surface area contributed by atoms with Gasteiger partial charge in [0.2, 0.25) is 0 Å². The zero-order valence-corrected chi connectivity index (χ0v) is 10.7. The molecule has 0 saturated carbocycles. The van der Waals surface area contributed by atoms with Crippen LogP contribution in [0, 0.1) is 0 Å². The highest BCUT2D eigenvalue weighted by Gasteiger charge is 2.17. The molecule has 0 amide bonds. The van der Waals surface area contributed by atoms with E-state index in [2.05, 4.69) is 4.74 Å². The number of halogens is 1. The van der Waals surface area contributed by atoms with Crippen molar-refractivity contribution in [2.24, 2.45) is 0 Å². The van der Waals surface area contributed by atoms with Gasteiger partial charge in [-0.2, -0.15) is 0 Å². The van der Waals surface area contributed by atoms with Crippen LogP contribution in [0.1, 0.15) is 20.8 Å². The fourth-order valence-corrected chi connectivity index (χ4v) is 0.984. The second-order valence-corrected chi connectivity index (χ2v) is 3.58. The number of hydrogen-bond acceptors (Lipinski definition) is 5. The molecule has 6 heteroatoms. The van der Waals surface area contributed by atoms with Crippen molar-refractivity contribution in [1.82, 2.24) is 0 Å². The minimum Gasteiger partial charge on any atom is -0.426 e. The standard InChI is InChI=1S/C10H19ClO5/c1-4-13-6-9(7-14-5-2)16-10(12)15-8(3)11/h8-9H,4-7H2,1-3H3. The molecule has 0 aromatic heterocycles. The van der Waals surface area contributed by atoms with Gasteiger partial charge in [0.25, 0.3) is 0 Å². The summed E-state index contributed by atoms with van der Waals surface area (Å²) in [7, 11) is 0. The number of carbonyl (C=O) groups is 1. The molecule has 0 rings (SSSR count). The van der Waals surface area contributed by atoms with E-state index in [-0.39, 0.29) is 13.2 Å². The van der Waals surface area contributed by atoms with Crippen molar-refractivity contribution < 1.29 is 23.7 Å². The van der Waals surface area contributed by atoms with E-state index in [9.17, 15) is 4.79 Å². The Morgan fingerprint density at radius 3 is 2.00 bits per heavy atom. The third kappa shape index (κ3) is 8.76. The molecule has 0 fully saturated rings. The molecule has 0 bridgehead atoms. The first-order valence-corrected chi connectivity index (χ1v) is 5.70. The van der Waals surface area contributed by atoms with Crippen LogP contribution in [0.15, 0.2) is 0 Å². The number of rotatable bonds is 8. The van der Waals surface area contributed by atoms with Crippen LogP contribution >= 0.6 is 11.6 Å². The van der Waals surface area contributed by atoms with Crippen molar-refractivity contribution in [2.75, 3.05) is 26.4 Å². The summed E-state index contributed by atoms with van der Waals surface area (Å²) < 4.78 is 19.9. The number of hydrogen-bond donors (Lipinski definition) is 0. The first-order chi connectivity index (χ1) is 7.60. The zero-order chi connectivity index (χ0) is 12.4. The number of alkyl halides is 1. The fraction of sp³-hybridized carbons (Fsp3) is 0.900. The van der Waals surface area contributed by atoms with Gasteiger partial charge in [0, 0.05) is 13.2 Å². The smallest absolute Gasteiger partial charge is 0.426 e. The minimum absolute atomic E-state index is 0.280. The predicted octanol–water partition coefficient (Wildman–Crippen LogP) is 2.17. The van der Waals surface area contributed by atoms with Gasteiger partial charge < -0.3 is 18.9 Å². The molecule has 0 aliphatic rings. The summed E-state index contributed by atoms with van der Waals surface area (Å²) in [5, 5.41) is 0. The molecule has 0 aromatic rings. The van der Waals surface area contributed by atoms with Gasteiger partial charge in [0.1, 0.15) is 0 Å². The highest BCUT2D eigenvalue weighted by molar-refractivity contribution is 6.19. The molecule has 0 aliphatic heterocycles. The maximum Gasteiger partial charge on any atom is 0.510 e. The Bertz CT molecular complexity index is 178. The first-order valence-electron chi connectivity index (χ1n) is 5.26. The lowest BCUT2D eigenvalue weighted by Crippen LogP contribution is -2.29. The van der Waals surface area contributed by atoms with Gasteiger partial charge in [-0.1, -0.05) is 11.6 Å². The Kier molecular flexibility index (Phi) is 9.37. The lowest BCUT2D eigenvalue weighted by Gasteiger charge is -2.17. The van der Waals surface area contributed by atoms with Gasteiger partial charge in [-0.25, -0.2) is 4.79 Å². The topological polar surface area (TPSA) is 54.0 Å². The van der Waals surface area contributed by atoms with E-state index in [0.717, 1.165) is 0 Å². The highest BCUT2D eigenvalue weighted by atomic mass is 35.5. The van der Waals surface area contributed by atoms with E-state index in [1.807, 2.05) is 13.8 Å². The van der Waals surface area contributed by atoms with E-state index in [1.165, 1.54) is 6.92 Å². The van der Waals surface area contributed by atoms with Crippen molar-refractivity contribution in [3.05, 3.63) is 0 Å². The highest BCUT2D eigenvalue weighted by Crippen LogP contribution is 2.03. The van der Waals surface area contributed by atoms with Crippen LogP contribution in [-0.2, 0) is 18.9 Å². The number of carbonyl (C=O) groups excluding carboxylic acids is 1. The summed E-state index contributed by atoms with van der Waals surface area (Å²) in [6.07, 6.45) is -1.28. The van der Waals surface area contributed by atoms with Crippen LogP contribution in [0.5, 0.6) is 0 Å². The second-order valence-electron chi connectivity index (χ2n) is 2.97. The summed E-state index contributed by atoms with van der Waals surface area (Å²) in [5.74, 6) is 0. The first kappa shape index (κ1) is 15.5. The van der Waals surface area contributed by atoms with Crippen LogP contribution < -0.4 is 0 Å². The van der Waals surface area contributed by atoms with Gasteiger partial charge in [0.05, 0.1) is 13.2 Å². The molecule has 0 radical (unpaired) electrons. The third-order valence-electron chi connectivity index (χ3n) is 1.54. The van der Waals surface area contributed by atoms with Crippen molar-refractivity contribution in [3.8, 4) is 0 Å². The average molecular weight is 255 g/mol. The molecule has 0 aromatic carbocycles. The molecule has 0 heterocycles. The normalized spacial score (nSPS) is 12.6. The Morgan fingerprint density at radius 2 is 1.62 bits per heavy atom. The molecule has 5 nitrogen and oxygen atoms in total. The van der Waals surface area contributed by atoms with Crippen molar-refractivity contribution >= 4 is 17.8 Å². The Morgan fingerprint density at radius 1 is 1.12 bits per heavy atom. The maximum absolute atomic E-state index is 11.2. The molecule has 0 N–H and O–H groups in total. The summed E-state index contributed by atoms with van der Waals surface area (Å²) >= 11 is 5.48. The predicted molar refractivity (Wildman–Crippen MR) is 59.7 cm³/mol. The summed E-state index contributed by atoms with van der Waals surface area (Å²) in [6, 6.07) is 0. The van der Waals surface area contributed by atoms with E-state index < -0.39 is 17.8 Å². The molecule has 16 heavy (non-hydrogen) atoms. The Hall–Kier alpha value is -0.520. The van der Waals surface area contributed by atoms with Crippen LogP contribution in [0.25, 0.3) is 0 Å². The van der Waals surface area contributed by atoms with Gasteiger partial charge in [-0.05, 0) is 20.8 Å². The van der Waals surface area contributed by atoms with Crippen molar-refractivity contribution in [2.45, 2.75) is 32.4 Å². The summed E-state index contributed by atoms with van der Waals surface area (Å²) in [6.45, 7) is 6.90. The second kappa shape index (κ2) is 9.69. The molecule has 0 aliphatic carbocycles. The van der Waals surface area contributed by atoms with E-state index in [0.29, 0.717) is 13.2 Å². The summed E-state index contributed by atoms with van der Waals surface area (Å²) in [5.41, 5.74) is -0.715. The SMILES string of the molecule is CCOCC(COCC)OC(=O)OC(C)Cl. The van der Waals surface area contributed by atoms with Crippen LogP contribution in [0.4, 0.5) is 4.79 Å². The molecule has 0 saturated heterocycles. The van der Waals surface area contributed by atoms with Crippen LogP contribution in [0.2, 0.25) is 0 Å². The monoisotopic (exact) mass is 254 g/mol. The minimum atomic E-state index is -0.813. The zero-order valence-electron chi connectivity index (χ0n) is 9.90. The van der Waals surface area contributed by atoms with Crippen LogP contribution in [0.3, 0.4) is 0 Å². The largest absolute Gasteiger partial charge is 0.510 e. The molecule has 0 spiro atoms. The van der Waals surface area contributed by atoms with Crippen LogP contribution in [-0.4, -0.2) is 44.3 Å². The fourth-order valence-electron chi connectivity index (χ4n) is 0.911. The molecular formula is C10H19ClO5. The summed E-state index contributed by atoms with van der Waals surface area (Å²) in [4.78, 5) is 11.2. The molecular weight excluding hydrogens is 236 g/mol.